The van der Waals surface area contributed by atoms with E-state index in [1.54, 1.807) is 0 Å². The molecule has 0 bridgehead atoms. The Hall–Kier alpha value is -0.570. The van der Waals surface area contributed by atoms with Crippen molar-refractivity contribution in [3.8, 4) is 0 Å². The van der Waals surface area contributed by atoms with Crippen LogP contribution in [0, 0.1) is 28.6 Å². The minimum Gasteiger partial charge on any atom is -0.356 e. The number of rotatable bonds is 7. The van der Waals surface area contributed by atoms with Crippen LogP contribution in [0.4, 0.5) is 0 Å². The fraction of sp³-hybridized carbons (Fsp3) is 0.938. The van der Waals surface area contributed by atoms with E-state index in [-0.39, 0.29) is 5.91 Å². The molecule has 1 saturated carbocycles. The van der Waals surface area contributed by atoms with Crippen molar-refractivity contribution in [2.75, 3.05) is 13.1 Å². The highest BCUT2D eigenvalue weighted by Gasteiger charge is 2.64. The summed E-state index contributed by atoms with van der Waals surface area (Å²) in [4.78, 5) is 12.0. The monoisotopic (exact) mass is 268 g/mol. The summed E-state index contributed by atoms with van der Waals surface area (Å²) in [6, 6.07) is 0. The molecule has 0 aromatic heterocycles. The summed E-state index contributed by atoms with van der Waals surface area (Å²) in [5, 5.41) is 3.10. The minimum absolute atomic E-state index is 0.162. The van der Waals surface area contributed by atoms with E-state index in [0.29, 0.717) is 41.5 Å². The maximum atomic E-state index is 12.0. The first-order valence-corrected chi connectivity index (χ1v) is 7.59. The molecule has 1 fully saturated rings. The first-order valence-electron chi connectivity index (χ1n) is 7.59. The van der Waals surface area contributed by atoms with Gasteiger partial charge in [-0.2, -0.15) is 0 Å². The Morgan fingerprint density at radius 2 is 1.74 bits per heavy atom. The lowest BCUT2D eigenvalue weighted by atomic mass is 9.94. The van der Waals surface area contributed by atoms with E-state index in [1.807, 2.05) is 0 Å². The van der Waals surface area contributed by atoms with Crippen LogP contribution in [0.5, 0.6) is 0 Å². The summed E-state index contributed by atoms with van der Waals surface area (Å²) < 4.78 is 0. The first-order chi connectivity index (χ1) is 8.62. The molecule has 3 nitrogen and oxygen atoms in total. The van der Waals surface area contributed by atoms with Crippen molar-refractivity contribution in [3.05, 3.63) is 0 Å². The summed E-state index contributed by atoms with van der Waals surface area (Å²) in [5.41, 5.74) is 6.42. The predicted octanol–water partition coefficient (Wildman–Crippen LogP) is 2.80. The van der Waals surface area contributed by atoms with Gasteiger partial charge in [-0.1, -0.05) is 41.5 Å². The van der Waals surface area contributed by atoms with E-state index in [4.69, 9.17) is 5.73 Å². The molecule has 3 N–H and O–H groups in total. The zero-order valence-corrected chi connectivity index (χ0v) is 13.5. The number of carbonyl (C=O) groups is 1. The van der Waals surface area contributed by atoms with Crippen molar-refractivity contribution in [2.24, 2.45) is 34.3 Å². The van der Waals surface area contributed by atoms with Crippen LogP contribution in [-0.4, -0.2) is 19.0 Å². The van der Waals surface area contributed by atoms with E-state index in [9.17, 15) is 4.79 Å². The molecule has 0 unspecified atom stereocenters. The van der Waals surface area contributed by atoms with Gasteiger partial charge in [-0.3, -0.25) is 4.79 Å². The van der Waals surface area contributed by atoms with Gasteiger partial charge in [0.15, 0.2) is 0 Å². The number of amides is 1. The van der Waals surface area contributed by atoms with Gasteiger partial charge in [-0.25, -0.2) is 0 Å². The molecule has 3 heteroatoms. The van der Waals surface area contributed by atoms with E-state index < -0.39 is 0 Å². The maximum absolute atomic E-state index is 12.0. The summed E-state index contributed by atoms with van der Waals surface area (Å²) in [6.45, 7) is 14.9. The highest BCUT2D eigenvalue weighted by atomic mass is 16.1. The highest BCUT2D eigenvalue weighted by Crippen LogP contribution is 2.67. The third-order valence-corrected chi connectivity index (χ3v) is 5.44. The Kier molecular flexibility index (Phi) is 5.05. The number of hydrogen-bond acceptors (Lipinski definition) is 2. The zero-order valence-electron chi connectivity index (χ0n) is 13.5. The molecule has 0 radical (unpaired) electrons. The molecule has 0 spiro atoms. The van der Waals surface area contributed by atoms with E-state index in [2.05, 4.69) is 46.9 Å². The number of hydrogen-bond donors (Lipinski definition) is 2. The number of nitrogens with one attached hydrogen (secondary N) is 1. The average Bonchev–Trinajstić information content (AvgIpc) is 2.65. The van der Waals surface area contributed by atoms with E-state index in [0.717, 1.165) is 13.0 Å². The number of nitrogens with two attached hydrogens (primary N) is 1. The molecular weight excluding hydrogens is 236 g/mol. The SMILES string of the molecule is CC(C)C[C@H](CN)CC(=O)NCC1C(C)(C)C1(C)C. The van der Waals surface area contributed by atoms with Crippen molar-refractivity contribution in [1.82, 2.24) is 5.32 Å². The lowest BCUT2D eigenvalue weighted by molar-refractivity contribution is -0.122. The normalized spacial score (nSPS) is 22.3. The summed E-state index contributed by atoms with van der Waals surface area (Å²) in [5.74, 6) is 1.67. The average molecular weight is 268 g/mol. The molecule has 0 heterocycles. The zero-order chi connectivity index (χ0) is 14.8. The molecule has 1 amide bonds. The Morgan fingerprint density at radius 1 is 1.21 bits per heavy atom. The van der Waals surface area contributed by atoms with Crippen LogP contribution < -0.4 is 11.1 Å². The molecule has 19 heavy (non-hydrogen) atoms. The van der Waals surface area contributed by atoms with Crippen molar-refractivity contribution in [2.45, 2.75) is 54.4 Å². The summed E-state index contributed by atoms with van der Waals surface area (Å²) in [7, 11) is 0. The maximum Gasteiger partial charge on any atom is 0.220 e. The Balaban J connectivity index is 2.33. The van der Waals surface area contributed by atoms with Gasteiger partial charge in [0, 0.05) is 13.0 Å². The third kappa shape index (κ3) is 3.71. The first kappa shape index (κ1) is 16.5. The van der Waals surface area contributed by atoms with Gasteiger partial charge in [0.05, 0.1) is 0 Å². The fourth-order valence-electron chi connectivity index (χ4n) is 3.32. The van der Waals surface area contributed by atoms with Crippen LogP contribution >= 0.6 is 0 Å². The fourth-order valence-corrected chi connectivity index (χ4v) is 3.32. The molecular formula is C16H32N2O. The van der Waals surface area contributed by atoms with E-state index >= 15 is 0 Å². The van der Waals surface area contributed by atoms with E-state index in [1.165, 1.54) is 0 Å². The number of carbonyl (C=O) groups excluding carboxylic acids is 1. The summed E-state index contributed by atoms with van der Waals surface area (Å²) in [6.07, 6.45) is 1.60. The largest absolute Gasteiger partial charge is 0.356 e. The second kappa shape index (κ2) is 5.82. The molecule has 0 aliphatic heterocycles. The van der Waals surface area contributed by atoms with Crippen molar-refractivity contribution in [3.63, 3.8) is 0 Å². The predicted molar refractivity (Wildman–Crippen MR) is 80.7 cm³/mol. The second-order valence-corrected chi connectivity index (χ2v) is 7.74. The van der Waals surface area contributed by atoms with Gasteiger partial charge < -0.3 is 11.1 Å². The van der Waals surface area contributed by atoms with Gasteiger partial charge >= 0.3 is 0 Å². The summed E-state index contributed by atoms with van der Waals surface area (Å²) >= 11 is 0. The van der Waals surface area contributed by atoms with Gasteiger partial charge in [-0.05, 0) is 41.5 Å². The quantitative estimate of drug-likeness (QED) is 0.746. The Labute approximate surface area is 118 Å². The minimum atomic E-state index is 0.162. The van der Waals surface area contributed by atoms with Gasteiger partial charge in [0.25, 0.3) is 0 Å². The molecule has 1 aliphatic rings. The molecule has 1 atom stereocenters. The van der Waals surface area contributed by atoms with Crippen LogP contribution in [0.15, 0.2) is 0 Å². The molecule has 1 rings (SSSR count). The molecule has 0 aromatic rings. The highest BCUT2D eigenvalue weighted by molar-refractivity contribution is 5.76. The van der Waals surface area contributed by atoms with Crippen LogP contribution in [0.2, 0.25) is 0 Å². The second-order valence-electron chi connectivity index (χ2n) is 7.74. The Bertz CT molecular complexity index is 307. The molecule has 1 aliphatic carbocycles. The van der Waals surface area contributed by atoms with Crippen LogP contribution in [0.1, 0.15) is 54.4 Å². The van der Waals surface area contributed by atoms with Gasteiger partial charge in [-0.15, -0.1) is 0 Å². The smallest absolute Gasteiger partial charge is 0.220 e. The lowest BCUT2D eigenvalue weighted by Crippen LogP contribution is -2.31. The lowest BCUT2D eigenvalue weighted by Gasteiger charge is -2.16. The van der Waals surface area contributed by atoms with Crippen molar-refractivity contribution >= 4 is 5.91 Å². The van der Waals surface area contributed by atoms with Crippen LogP contribution in [0.25, 0.3) is 0 Å². The van der Waals surface area contributed by atoms with Crippen LogP contribution in [-0.2, 0) is 4.79 Å². The topological polar surface area (TPSA) is 55.1 Å². The standard InChI is InChI=1S/C16H32N2O/c1-11(2)7-12(9-17)8-14(19)18-10-13-15(3,4)16(13,5)6/h11-13H,7-10,17H2,1-6H3,(H,18,19)/t12-/m0/s1. The molecule has 0 aromatic carbocycles. The van der Waals surface area contributed by atoms with Gasteiger partial charge in [0.2, 0.25) is 5.91 Å². The van der Waals surface area contributed by atoms with Crippen molar-refractivity contribution in [1.29, 1.82) is 0 Å². The van der Waals surface area contributed by atoms with Crippen LogP contribution in [0.3, 0.4) is 0 Å². The van der Waals surface area contributed by atoms with Gasteiger partial charge in [0.1, 0.15) is 0 Å². The third-order valence-electron chi connectivity index (χ3n) is 5.44. The molecule has 0 saturated heterocycles. The molecule has 112 valence electrons. The van der Waals surface area contributed by atoms with Crippen molar-refractivity contribution < 1.29 is 4.79 Å². The Morgan fingerprint density at radius 3 is 2.11 bits per heavy atom.